The van der Waals surface area contributed by atoms with Crippen LogP contribution >= 0.6 is 0 Å². The molecular formula is C21H29N3O4. The van der Waals surface area contributed by atoms with E-state index in [1.807, 2.05) is 20.8 Å². The second kappa shape index (κ2) is 8.20. The smallest absolute Gasteiger partial charge is 0.407 e. The molecule has 28 heavy (non-hydrogen) atoms. The highest BCUT2D eigenvalue weighted by molar-refractivity contribution is 5.76. The fourth-order valence-electron chi connectivity index (χ4n) is 3.76. The SMILES string of the molecule is CC(C)(C)OC(=O)NC1CCC(CCn2c(=O)cnc3ccc(O)cc32)CC1. The Labute approximate surface area is 164 Å². The Kier molecular flexibility index (Phi) is 5.91. The molecular weight excluding hydrogens is 358 g/mol. The van der Waals surface area contributed by atoms with E-state index in [9.17, 15) is 14.7 Å². The lowest BCUT2D eigenvalue weighted by Crippen LogP contribution is -2.41. The molecule has 0 saturated heterocycles. The number of phenols is 1. The molecule has 0 radical (unpaired) electrons. The molecule has 1 aliphatic rings. The molecule has 1 fully saturated rings. The van der Waals surface area contributed by atoms with Crippen molar-refractivity contribution in [2.45, 2.75) is 71.1 Å². The number of ether oxygens (including phenoxy) is 1. The van der Waals surface area contributed by atoms with Gasteiger partial charge in [0.1, 0.15) is 11.4 Å². The van der Waals surface area contributed by atoms with Gasteiger partial charge in [-0.15, -0.1) is 0 Å². The van der Waals surface area contributed by atoms with Gasteiger partial charge in [-0.1, -0.05) is 0 Å². The minimum atomic E-state index is -0.490. The normalized spacial score (nSPS) is 20.1. The van der Waals surface area contributed by atoms with E-state index in [2.05, 4.69) is 10.3 Å². The van der Waals surface area contributed by atoms with Crippen molar-refractivity contribution in [1.29, 1.82) is 0 Å². The fraction of sp³-hybridized carbons (Fsp3) is 0.571. The van der Waals surface area contributed by atoms with Crippen LogP contribution < -0.4 is 10.9 Å². The van der Waals surface area contributed by atoms with Gasteiger partial charge in [0.05, 0.1) is 17.2 Å². The number of hydrogen-bond acceptors (Lipinski definition) is 5. The number of aryl methyl sites for hydroxylation is 1. The van der Waals surface area contributed by atoms with Crippen LogP contribution in [0.4, 0.5) is 4.79 Å². The standard InChI is InChI=1S/C21H29N3O4/c1-21(2,3)28-20(27)23-15-6-4-14(5-7-15)10-11-24-18-12-16(25)8-9-17(18)22-13-19(24)26/h8-9,12-15,25H,4-7,10-11H2,1-3H3,(H,23,27). The summed E-state index contributed by atoms with van der Waals surface area (Å²) in [7, 11) is 0. The summed E-state index contributed by atoms with van der Waals surface area (Å²) in [5.41, 5.74) is 0.713. The first-order chi connectivity index (χ1) is 13.2. The Morgan fingerprint density at radius 3 is 2.68 bits per heavy atom. The maximum atomic E-state index is 12.3. The molecule has 0 atom stereocenters. The molecule has 1 heterocycles. The number of carbonyl (C=O) groups excluding carboxylic acids is 1. The number of hydrogen-bond donors (Lipinski definition) is 2. The van der Waals surface area contributed by atoms with Crippen molar-refractivity contribution in [3.8, 4) is 5.75 Å². The fourth-order valence-corrected chi connectivity index (χ4v) is 3.76. The van der Waals surface area contributed by atoms with Gasteiger partial charge in [0.2, 0.25) is 0 Å². The van der Waals surface area contributed by atoms with Crippen molar-refractivity contribution in [2.24, 2.45) is 5.92 Å². The number of benzene rings is 1. The Morgan fingerprint density at radius 1 is 1.29 bits per heavy atom. The molecule has 7 nitrogen and oxygen atoms in total. The van der Waals surface area contributed by atoms with E-state index in [-0.39, 0.29) is 23.4 Å². The third-order valence-electron chi connectivity index (χ3n) is 5.16. The van der Waals surface area contributed by atoms with E-state index in [1.54, 1.807) is 22.8 Å². The number of aromatic nitrogens is 2. The molecule has 1 aromatic carbocycles. The lowest BCUT2D eigenvalue weighted by Gasteiger charge is -2.30. The maximum absolute atomic E-state index is 12.3. The molecule has 3 rings (SSSR count). The largest absolute Gasteiger partial charge is 0.508 e. The zero-order valence-electron chi connectivity index (χ0n) is 16.8. The van der Waals surface area contributed by atoms with Crippen LogP contribution in [0.1, 0.15) is 52.9 Å². The zero-order chi connectivity index (χ0) is 20.3. The van der Waals surface area contributed by atoms with E-state index in [0.29, 0.717) is 23.5 Å². The topological polar surface area (TPSA) is 93.5 Å². The molecule has 1 aromatic heterocycles. The number of amides is 1. The van der Waals surface area contributed by atoms with E-state index < -0.39 is 5.60 Å². The lowest BCUT2D eigenvalue weighted by atomic mass is 9.84. The summed E-state index contributed by atoms with van der Waals surface area (Å²) in [6.45, 7) is 6.16. The van der Waals surface area contributed by atoms with Crippen molar-refractivity contribution in [2.75, 3.05) is 0 Å². The molecule has 7 heteroatoms. The predicted octanol–water partition coefficient (Wildman–Crippen LogP) is 3.58. The molecule has 0 bridgehead atoms. The highest BCUT2D eigenvalue weighted by atomic mass is 16.6. The molecule has 2 aromatic rings. The van der Waals surface area contributed by atoms with Crippen LogP contribution in [0.3, 0.4) is 0 Å². The van der Waals surface area contributed by atoms with Crippen molar-refractivity contribution >= 4 is 17.1 Å². The second-order valence-corrected chi connectivity index (χ2v) is 8.57. The van der Waals surface area contributed by atoms with Gasteiger partial charge < -0.3 is 19.7 Å². The van der Waals surface area contributed by atoms with Crippen molar-refractivity contribution in [1.82, 2.24) is 14.9 Å². The Balaban J connectivity index is 1.54. The highest BCUT2D eigenvalue weighted by Gasteiger charge is 2.24. The summed E-state index contributed by atoms with van der Waals surface area (Å²) in [6.07, 6.45) is 5.69. The van der Waals surface area contributed by atoms with Crippen molar-refractivity contribution in [3.05, 3.63) is 34.7 Å². The summed E-state index contributed by atoms with van der Waals surface area (Å²) in [5.74, 6) is 0.631. The minimum absolute atomic E-state index is 0.127. The maximum Gasteiger partial charge on any atom is 0.407 e. The molecule has 152 valence electrons. The third-order valence-corrected chi connectivity index (χ3v) is 5.16. The van der Waals surface area contributed by atoms with E-state index >= 15 is 0 Å². The summed E-state index contributed by atoms with van der Waals surface area (Å²) in [5, 5.41) is 12.7. The first-order valence-electron chi connectivity index (χ1n) is 9.89. The number of aromatic hydroxyl groups is 1. The molecule has 1 aliphatic carbocycles. The third kappa shape index (κ3) is 5.24. The number of nitrogens with one attached hydrogen (secondary N) is 1. The second-order valence-electron chi connectivity index (χ2n) is 8.57. The van der Waals surface area contributed by atoms with Crippen LogP contribution in [0, 0.1) is 5.92 Å². The first kappa shape index (κ1) is 20.2. The minimum Gasteiger partial charge on any atom is -0.508 e. The lowest BCUT2D eigenvalue weighted by molar-refractivity contribution is 0.0486. The van der Waals surface area contributed by atoms with Crippen LogP contribution in [-0.4, -0.2) is 32.4 Å². The first-order valence-corrected chi connectivity index (χ1v) is 9.89. The molecule has 0 aliphatic heterocycles. The average molecular weight is 387 g/mol. The van der Waals surface area contributed by atoms with Gasteiger partial charge in [-0.25, -0.2) is 9.78 Å². The van der Waals surface area contributed by atoms with Gasteiger partial charge in [0, 0.05) is 18.7 Å². The van der Waals surface area contributed by atoms with Gasteiger partial charge in [-0.2, -0.15) is 0 Å². The molecule has 1 amide bonds. The van der Waals surface area contributed by atoms with Gasteiger partial charge in [0.25, 0.3) is 5.56 Å². The Morgan fingerprint density at radius 2 is 2.00 bits per heavy atom. The number of alkyl carbamates (subject to hydrolysis) is 1. The zero-order valence-corrected chi connectivity index (χ0v) is 16.8. The highest BCUT2D eigenvalue weighted by Crippen LogP contribution is 2.28. The van der Waals surface area contributed by atoms with Crippen LogP contribution in [0.2, 0.25) is 0 Å². The van der Waals surface area contributed by atoms with Crippen LogP contribution in [0.15, 0.2) is 29.2 Å². The van der Waals surface area contributed by atoms with Crippen LogP contribution in [0.25, 0.3) is 11.0 Å². The predicted molar refractivity (Wildman–Crippen MR) is 107 cm³/mol. The number of nitrogens with zero attached hydrogens (tertiary/aromatic N) is 2. The quantitative estimate of drug-likeness (QED) is 0.836. The van der Waals surface area contributed by atoms with E-state index in [1.165, 1.54) is 6.20 Å². The van der Waals surface area contributed by atoms with Crippen LogP contribution in [0.5, 0.6) is 5.75 Å². The summed E-state index contributed by atoms with van der Waals surface area (Å²) < 4.78 is 7.01. The average Bonchev–Trinajstić information content (AvgIpc) is 2.60. The molecule has 0 unspecified atom stereocenters. The number of rotatable bonds is 4. The van der Waals surface area contributed by atoms with E-state index in [0.717, 1.165) is 32.1 Å². The van der Waals surface area contributed by atoms with Gasteiger partial charge in [0.15, 0.2) is 0 Å². The number of fused-ring (bicyclic) bond motifs is 1. The van der Waals surface area contributed by atoms with Gasteiger partial charge >= 0.3 is 6.09 Å². The van der Waals surface area contributed by atoms with Gasteiger partial charge in [-0.05, 0) is 70.9 Å². The van der Waals surface area contributed by atoms with Gasteiger partial charge in [-0.3, -0.25) is 4.79 Å². The number of carbonyl (C=O) groups is 1. The number of phenolic OH excluding ortho intramolecular Hbond substituents is 1. The van der Waals surface area contributed by atoms with E-state index in [4.69, 9.17) is 4.74 Å². The van der Waals surface area contributed by atoms with Crippen molar-refractivity contribution in [3.63, 3.8) is 0 Å². The molecule has 1 saturated carbocycles. The summed E-state index contributed by atoms with van der Waals surface area (Å²) >= 11 is 0. The molecule has 0 spiro atoms. The summed E-state index contributed by atoms with van der Waals surface area (Å²) in [6, 6.07) is 5.02. The summed E-state index contributed by atoms with van der Waals surface area (Å²) in [4.78, 5) is 28.3. The Hall–Kier alpha value is -2.57. The Bertz CT molecular complexity index is 893. The van der Waals surface area contributed by atoms with Crippen molar-refractivity contribution < 1.29 is 14.6 Å². The monoisotopic (exact) mass is 387 g/mol. The van der Waals surface area contributed by atoms with Crippen LogP contribution in [-0.2, 0) is 11.3 Å². The molecule has 2 N–H and O–H groups in total.